The van der Waals surface area contributed by atoms with E-state index >= 15 is 0 Å². The third-order valence-electron chi connectivity index (χ3n) is 5.16. The van der Waals surface area contributed by atoms with E-state index < -0.39 is 5.41 Å². The zero-order valence-electron chi connectivity index (χ0n) is 18.3. The Morgan fingerprint density at radius 2 is 1.94 bits per heavy atom. The van der Waals surface area contributed by atoms with E-state index in [2.05, 4.69) is 15.5 Å². The summed E-state index contributed by atoms with van der Waals surface area (Å²) in [6.45, 7) is 5.47. The summed E-state index contributed by atoms with van der Waals surface area (Å²) in [6, 6.07) is 16.2. The van der Waals surface area contributed by atoms with Crippen LogP contribution in [0, 0.1) is 5.82 Å². The number of rotatable bonds is 10. The number of nitrogens with two attached hydrogens (primary N) is 1. The number of aliphatic hydroxyl groups excluding tert-OH is 1. The molecular formula is C24H29FN4O3. The molecule has 1 heterocycles. The van der Waals surface area contributed by atoms with E-state index in [-0.39, 0.29) is 18.4 Å². The summed E-state index contributed by atoms with van der Waals surface area (Å²) >= 11 is 0. The SMILES string of the molecule is CC(C)(c1ccc(-c2ccccc2F)cc1)c1cc(NC(N)=NCCOCCCO)on1. The molecule has 3 aromatic rings. The summed E-state index contributed by atoms with van der Waals surface area (Å²) in [7, 11) is 0. The Kier molecular flexibility index (Phi) is 7.97. The molecule has 0 unspecified atom stereocenters. The number of guanidine groups is 1. The van der Waals surface area contributed by atoms with Gasteiger partial charge in [0.05, 0.1) is 18.8 Å². The van der Waals surface area contributed by atoms with Gasteiger partial charge in [0, 0.05) is 30.3 Å². The first-order chi connectivity index (χ1) is 15.4. The lowest BCUT2D eigenvalue weighted by Gasteiger charge is -2.22. The second-order valence-electron chi connectivity index (χ2n) is 7.84. The molecule has 0 spiro atoms. The first kappa shape index (κ1) is 23.4. The minimum Gasteiger partial charge on any atom is -0.396 e. The summed E-state index contributed by atoms with van der Waals surface area (Å²) < 4.78 is 24.8. The van der Waals surface area contributed by atoms with Crippen molar-refractivity contribution in [3.05, 3.63) is 71.7 Å². The predicted octanol–water partition coefficient (Wildman–Crippen LogP) is 3.93. The fourth-order valence-electron chi connectivity index (χ4n) is 3.20. The summed E-state index contributed by atoms with van der Waals surface area (Å²) in [5.41, 5.74) is 8.56. The summed E-state index contributed by atoms with van der Waals surface area (Å²) in [5.74, 6) is 0.340. The molecule has 0 aliphatic heterocycles. The number of aliphatic imine (C=N–C) groups is 1. The molecule has 7 nitrogen and oxygen atoms in total. The summed E-state index contributed by atoms with van der Waals surface area (Å²) in [4.78, 5) is 4.17. The number of anilines is 1. The molecular weight excluding hydrogens is 411 g/mol. The normalized spacial score (nSPS) is 12.2. The Bertz CT molecular complexity index is 1030. The summed E-state index contributed by atoms with van der Waals surface area (Å²) in [5, 5.41) is 15.8. The lowest BCUT2D eigenvalue weighted by Crippen LogP contribution is -2.23. The first-order valence-electron chi connectivity index (χ1n) is 10.5. The number of ether oxygens (including phenoxy) is 1. The second-order valence-corrected chi connectivity index (χ2v) is 7.84. The summed E-state index contributed by atoms with van der Waals surface area (Å²) in [6.07, 6.45) is 0.597. The molecule has 32 heavy (non-hydrogen) atoms. The van der Waals surface area contributed by atoms with Crippen LogP contribution in [0.5, 0.6) is 0 Å². The molecule has 0 saturated carbocycles. The van der Waals surface area contributed by atoms with Gasteiger partial charge in [-0.1, -0.05) is 61.5 Å². The van der Waals surface area contributed by atoms with E-state index in [1.807, 2.05) is 44.2 Å². The maximum Gasteiger partial charge on any atom is 0.231 e. The van der Waals surface area contributed by atoms with Gasteiger partial charge in [-0.15, -0.1) is 0 Å². The molecule has 0 aliphatic rings. The van der Waals surface area contributed by atoms with E-state index in [9.17, 15) is 4.39 Å². The van der Waals surface area contributed by atoms with Gasteiger partial charge in [0.2, 0.25) is 5.88 Å². The molecule has 0 amide bonds. The lowest BCUT2D eigenvalue weighted by atomic mass is 9.81. The zero-order chi connectivity index (χ0) is 23.0. The molecule has 0 radical (unpaired) electrons. The highest BCUT2D eigenvalue weighted by Gasteiger charge is 2.27. The van der Waals surface area contributed by atoms with Crippen LogP contribution in [-0.2, 0) is 10.2 Å². The van der Waals surface area contributed by atoms with Gasteiger partial charge in [-0.2, -0.15) is 0 Å². The van der Waals surface area contributed by atoms with Crippen LogP contribution in [-0.4, -0.2) is 42.6 Å². The number of aromatic nitrogens is 1. The van der Waals surface area contributed by atoms with E-state index in [4.69, 9.17) is 20.1 Å². The number of aliphatic hydroxyl groups is 1. The van der Waals surface area contributed by atoms with Crippen LogP contribution in [0.25, 0.3) is 11.1 Å². The molecule has 170 valence electrons. The van der Waals surface area contributed by atoms with Crippen molar-refractivity contribution in [3.63, 3.8) is 0 Å². The van der Waals surface area contributed by atoms with Crippen LogP contribution < -0.4 is 11.1 Å². The lowest BCUT2D eigenvalue weighted by molar-refractivity contribution is 0.122. The van der Waals surface area contributed by atoms with Crippen molar-refractivity contribution in [1.82, 2.24) is 5.16 Å². The van der Waals surface area contributed by atoms with Crippen LogP contribution in [0.4, 0.5) is 10.3 Å². The third-order valence-corrected chi connectivity index (χ3v) is 5.16. The van der Waals surface area contributed by atoms with Crippen molar-refractivity contribution in [2.24, 2.45) is 10.7 Å². The Labute approximate surface area is 187 Å². The molecule has 0 fully saturated rings. The van der Waals surface area contributed by atoms with Crippen molar-refractivity contribution in [2.45, 2.75) is 25.7 Å². The highest BCUT2D eigenvalue weighted by molar-refractivity contribution is 5.91. The molecule has 3 rings (SSSR count). The zero-order valence-corrected chi connectivity index (χ0v) is 18.3. The first-order valence-corrected chi connectivity index (χ1v) is 10.5. The van der Waals surface area contributed by atoms with Crippen LogP contribution in [0.1, 0.15) is 31.5 Å². The fourth-order valence-corrected chi connectivity index (χ4v) is 3.20. The van der Waals surface area contributed by atoms with Gasteiger partial charge in [0.1, 0.15) is 5.82 Å². The van der Waals surface area contributed by atoms with E-state index in [1.54, 1.807) is 18.2 Å². The van der Waals surface area contributed by atoms with Gasteiger partial charge in [-0.05, 0) is 23.6 Å². The Morgan fingerprint density at radius 1 is 1.19 bits per heavy atom. The van der Waals surface area contributed by atoms with Crippen LogP contribution in [0.3, 0.4) is 0 Å². The maximum atomic E-state index is 14.1. The topological polar surface area (TPSA) is 106 Å². The third kappa shape index (κ3) is 5.93. The number of nitrogens with zero attached hydrogens (tertiary/aromatic N) is 2. The van der Waals surface area contributed by atoms with Gasteiger partial charge in [0.25, 0.3) is 0 Å². The van der Waals surface area contributed by atoms with E-state index in [0.29, 0.717) is 37.6 Å². The molecule has 0 aliphatic carbocycles. The number of nitrogens with one attached hydrogen (secondary N) is 1. The largest absolute Gasteiger partial charge is 0.396 e. The molecule has 2 aromatic carbocycles. The Hall–Kier alpha value is -3.23. The second kappa shape index (κ2) is 10.9. The van der Waals surface area contributed by atoms with Crippen LogP contribution in [0.15, 0.2) is 64.1 Å². The number of hydrogen-bond acceptors (Lipinski definition) is 5. The Balaban J connectivity index is 1.63. The Morgan fingerprint density at radius 3 is 2.66 bits per heavy atom. The minimum absolute atomic E-state index is 0.104. The van der Waals surface area contributed by atoms with Crippen molar-refractivity contribution in [2.75, 3.05) is 31.7 Å². The predicted molar refractivity (Wildman–Crippen MR) is 123 cm³/mol. The molecule has 0 bridgehead atoms. The average Bonchev–Trinajstić information content (AvgIpc) is 3.26. The van der Waals surface area contributed by atoms with Crippen molar-refractivity contribution in [3.8, 4) is 11.1 Å². The molecule has 8 heteroatoms. The minimum atomic E-state index is -0.441. The number of halogens is 1. The maximum absolute atomic E-state index is 14.1. The fraction of sp³-hybridized carbons (Fsp3) is 0.333. The highest BCUT2D eigenvalue weighted by atomic mass is 19.1. The van der Waals surface area contributed by atoms with Crippen molar-refractivity contribution < 1.29 is 18.8 Å². The monoisotopic (exact) mass is 440 g/mol. The van der Waals surface area contributed by atoms with Gasteiger partial charge in [-0.25, -0.2) is 4.39 Å². The van der Waals surface area contributed by atoms with Crippen LogP contribution >= 0.6 is 0 Å². The number of benzene rings is 2. The molecule has 0 atom stereocenters. The number of hydrogen-bond donors (Lipinski definition) is 3. The standard InChI is InChI=1S/C24H29FN4O3/c1-24(2,18-10-8-17(9-11-18)19-6-3-4-7-20(19)25)21-16-22(32-29-21)28-23(26)27-12-15-31-14-5-13-30/h3-4,6-11,16,30H,5,12-15H2,1-2H3,(H3,26,27,28). The smallest absolute Gasteiger partial charge is 0.231 e. The van der Waals surface area contributed by atoms with E-state index in [0.717, 1.165) is 16.8 Å². The molecule has 0 saturated heterocycles. The molecule has 1 aromatic heterocycles. The van der Waals surface area contributed by atoms with Gasteiger partial charge in [-0.3, -0.25) is 10.3 Å². The average molecular weight is 441 g/mol. The highest BCUT2D eigenvalue weighted by Crippen LogP contribution is 2.33. The van der Waals surface area contributed by atoms with Gasteiger partial charge in [0.15, 0.2) is 5.96 Å². The van der Waals surface area contributed by atoms with Crippen molar-refractivity contribution in [1.29, 1.82) is 0 Å². The van der Waals surface area contributed by atoms with Gasteiger partial charge >= 0.3 is 0 Å². The van der Waals surface area contributed by atoms with Crippen molar-refractivity contribution >= 4 is 11.8 Å². The van der Waals surface area contributed by atoms with Crippen LogP contribution in [0.2, 0.25) is 0 Å². The molecule has 4 N–H and O–H groups in total. The van der Waals surface area contributed by atoms with E-state index in [1.165, 1.54) is 6.07 Å². The van der Waals surface area contributed by atoms with Gasteiger partial charge < -0.3 is 20.1 Å². The quantitative estimate of drug-likeness (QED) is 0.251.